The van der Waals surface area contributed by atoms with Gasteiger partial charge >= 0.3 is 6.03 Å². The van der Waals surface area contributed by atoms with Gasteiger partial charge in [-0.05, 0) is 41.7 Å². The molecule has 1 N–H and O–H groups in total. The first-order valence-electron chi connectivity index (χ1n) is 8.03. The van der Waals surface area contributed by atoms with Crippen molar-refractivity contribution in [2.45, 2.75) is 31.3 Å². The second-order valence-corrected chi connectivity index (χ2v) is 6.91. The topological polar surface area (TPSA) is 49.4 Å². The Bertz CT molecular complexity index is 818. The van der Waals surface area contributed by atoms with Crippen LogP contribution >= 0.6 is 11.6 Å². The zero-order valence-corrected chi connectivity index (χ0v) is 13.8. The number of carbonyl (C=O) groups excluding carboxylic acids is 2. The van der Waals surface area contributed by atoms with Crippen molar-refractivity contribution in [3.63, 3.8) is 0 Å². The number of halogens is 1. The van der Waals surface area contributed by atoms with Gasteiger partial charge in [-0.3, -0.25) is 9.69 Å². The maximum absolute atomic E-state index is 13.0. The molecule has 5 heteroatoms. The van der Waals surface area contributed by atoms with Crippen molar-refractivity contribution in [3.05, 3.63) is 70.2 Å². The number of carbonyl (C=O) groups is 2. The number of benzene rings is 2. The Hall–Kier alpha value is -2.33. The summed E-state index contributed by atoms with van der Waals surface area (Å²) in [6, 6.07) is 15.0. The minimum atomic E-state index is -0.794. The average Bonchev–Trinajstić information content (AvgIpc) is 2.81. The Kier molecular flexibility index (Phi) is 3.57. The summed E-state index contributed by atoms with van der Waals surface area (Å²) in [5, 5.41) is 3.59. The van der Waals surface area contributed by atoms with Crippen molar-refractivity contribution in [1.29, 1.82) is 0 Å². The lowest BCUT2D eigenvalue weighted by Gasteiger charge is -2.32. The lowest BCUT2D eigenvalue weighted by Crippen LogP contribution is -2.51. The number of aryl methyl sites for hydroxylation is 1. The monoisotopic (exact) mass is 340 g/mol. The van der Waals surface area contributed by atoms with Crippen LogP contribution < -0.4 is 5.32 Å². The zero-order valence-electron chi connectivity index (χ0n) is 13.1. The van der Waals surface area contributed by atoms with E-state index in [0.29, 0.717) is 17.9 Å². The van der Waals surface area contributed by atoms with Gasteiger partial charge in [0.15, 0.2) is 0 Å². The Morgan fingerprint density at radius 3 is 2.50 bits per heavy atom. The fraction of sp³-hybridized carbons (Fsp3) is 0.263. The van der Waals surface area contributed by atoms with E-state index in [1.165, 1.54) is 10.5 Å². The number of nitrogens with zero attached hydrogens (tertiary/aromatic N) is 1. The van der Waals surface area contributed by atoms with Gasteiger partial charge in [0.1, 0.15) is 5.54 Å². The van der Waals surface area contributed by atoms with Crippen LogP contribution in [0.2, 0.25) is 5.02 Å². The Labute approximate surface area is 145 Å². The quantitative estimate of drug-likeness (QED) is 0.853. The third kappa shape index (κ3) is 2.47. The molecule has 4 nitrogen and oxygen atoms in total. The van der Waals surface area contributed by atoms with Crippen LogP contribution in [0.3, 0.4) is 0 Å². The van der Waals surface area contributed by atoms with E-state index in [4.69, 9.17) is 11.6 Å². The summed E-state index contributed by atoms with van der Waals surface area (Å²) < 4.78 is 0. The molecule has 1 aliphatic heterocycles. The number of urea groups is 1. The van der Waals surface area contributed by atoms with E-state index in [9.17, 15) is 9.59 Å². The van der Waals surface area contributed by atoms with Crippen molar-refractivity contribution < 1.29 is 9.59 Å². The van der Waals surface area contributed by atoms with Crippen molar-refractivity contribution in [2.24, 2.45) is 0 Å². The minimum absolute atomic E-state index is 0.128. The van der Waals surface area contributed by atoms with Crippen LogP contribution in [0.25, 0.3) is 0 Å². The molecule has 24 heavy (non-hydrogen) atoms. The highest BCUT2D eigenvalue weighted by atomic mass is 35.5. The van der Waals surface area contributed by atoms with Gasteiger partial charge in [0.25, 0.3) is 5.91 Å². The van der Waals surface area contributed by atoms with Crippen LogP contribution in [0.4, 0.5) is 4.79 Å². The molecule has 4 rings (SSSR count). The first kappa shape index (κ1) is 15.2. The van der Waals surface area contributed by atoms with E-state index in [1.807, 2.05) is 30.3 Å². The Morgan fingerprint density at radius 2 is 1.75 bits per heavy atom. The highest BCUT2D eigenvalue weighted by molar-refractivity contribution is 6.30. The largest absolute Gasteiger partial charge is 0.325 e. The lowest BCUT2D eigenvalue weighted by molar-refractivity contribution is -0.132. The molecule has 1 spiro atoms. The summed E-state index contributed by atoms with van der Waals surface area (Å²) in [5.41, 5.74) is 2.50. The van der Waals surface area contributed by atoms with Crippen molar-refractivity contribution in [2.75, 3.05) is 0 Å². The number of imide groups is 1. The molecule has 1 aliphatic carbocycles. The molecule has 0 saturated carbocycles. The molecule has 3 amide bonds. The number of amides is 3. The predicted molar refractivity (Wildman–Crippen MR) is 91.7 cm³/mol. The van der Waals surface area contributed by atoms with E-state index in [2.05, 4.69) is 11.4 Å². The molecule has 0 radical (unpaired) electrons. The Morgan fingerprint density at radius 1 is 1.04 bits per heavy atom. The van der Waals surface area contributed by atoms with E-state index >= 15 is 0 Å². The van der Waals surface area contributed by atoms with Gasteiger partial charge in [0.05, 0.1) is 6.54 Å². The van der Waals surface area contributed by atoms with E-state index in [-0.39, 0.29) is 18.5 Å². The first-order chi connectivity index (χ1) is 11.6. The number of nitrogens with one attached hydrogen (secondary N) is 1. The number of rotatable bonds is 2. The number of hydrogen-bond donors (Lipinski definition) is 1. The third-order valence-corrected chi connectivity index (χ3v) is 5.18. The maximum Gasteiger partial charge on any atom is 0.325 e. The molecule has 1 saturated heterocycles. The third-order valence-electron chi connectivity index (χ3n) is 4.93. The molecule has 1 unspecified atom stereocenters. The van der Waals surface area contributed by atoms with Gasteiger partial charge in [0.2, 0.25) is 0 Å². The molecule has 2 aliphatic rings. The Balaban J connectivity index is 1.59. The van der Waals surface area contributed by atoms with Gasteiger partial charge in [-0.25, -0.2) is 4.79 Å². The fourth-order valence-electron chi connectivity index (χ4n) is 3.62. The van der Waals surface area contributed by atoms with Crippen molar-refractivity contribution >= 4 is 23.5 Å². The second kappa shape index (κ2) is 5.64. The van der Waals surface area contributed by atoms with Crippen molar-refractivity contribution in [1.82, 2.24) is 10.2 Å². The van der Waals surface area contributed by atoms with Gasteiger partial charge in [0, 0.05) is 11.4 Å². The second-order valence-electron chi connectivity index (χ2n) is 6.48. The standard InChI is InChI=1S/C19H17ClN2O2/c20-16-7-5-13(6-8-16)12-22-17(23)19(21-18(22)24)10-9-14-3-1-2-4-15(14)11-19/h1-8H,9-12H2,(H,21,24). The maximum atomic E-state index is 13.0. The SMILES string of the molecule is O=C1NC2(CCc3ccccc3C2)C(=O)N1Cc1ccc(Cl)cc1. The molecule has 0 aromatic heterocycles. The molecule has 0 bridgehead atoms. The summed E-state index contributed by atoms with van der Waals surface area (Å²) in [6.45, 7) is 0.269. The van der Waals surface area contributed by atoms with Crippen LogP contribution in [0.15, 0.2) is 48.5 Å². The molecule has 122 valence electrons. The smallest absolute Gasteiger partial charge is 0.323 e. The number of hydrogen-bond acceptors (Lipinski definition) is 2. The highest BCUT2D eigenvalue weighted by Gasteiger charge is 2.52. The lowest BCUT2D eigenvalue weighted by atomic mass is 9.78. The van der Waals surface area contributed by atoms with Crippen LogP contribution in [0.5, 0.6) is 0 Å². The summed E-state index contributed by atoms with van der Waals surface area (Å²) in [5.74, 6) is -0.128. The van der Waals surface area contributed by atoms with Gasteiger partial charge in [-0.15, -0.1) is 0 Å². The highest BCUT2D eigenvalue weighted by Crippen LogP contribution is 2.34. The van der Waals surface area contributed by atoms with Gasteiger partial charge in [-0.2, -0.15) is 0 Å². The van der Waals surface area contributed by atoms with Gasteiger partial charge in [-0.1, -0.05) is 48.0 Å². The number of fused-ring (bicyclic) bond motifs is 1. The molecular formula is C19H17ClN2O2. The first-order valence-corrected chi connectivity index (χ1v) is 8.41. The zero-order chi connectivity index (χ0) is 16.7. The van der Waals surface area contributed by atoms with E-state index in [0.717, 1.165) is 17.5 Å². The van der Waals surface area contributed by atoms with Crippen molar-refractivity contribution in [3.8, 4) is 0 Å². The summed E-state index contributed by atoms with van der Waals surface area (Å²) in [7, 11) is 0. The molecule has 2 aromatic rings. The fourth-order valence-corrected chi connectivity index (χ4v) is 3.74. The van der Waals surface area contributed by atoms with Crippen LogP contribution in [-0.4, -0.2) is 22.4 Å². The van der Waals surface area contributed by atoms with Crippen LogP contribution in [-0.2, 0) is 24.2 Å². The molecule has 1 heterocycles. The molecular weight excluding hydrogens is 324 g/mol. The average molecular weight is 341 g/mol. The van der Waals surface area contributed by atoms with E-state index < -0.39 is 5.54 Å². The van der Waals surface area contributed by atoms with Crippen LogP contribution in [0, 0.1) is 0 Å². The molecule has 1 atom stereocenters. The predicted octanol–water partition coefficient (Wildman–Crippen LogP) is 3.32. The van der Waals surface area contributed by atoms with E-state index in [1.54, 1.807) is 12.1 Å². The summed E-state index contributed by atoms with van der Waals surface area (Å²) in [6.07, 6.45) is 2.01. The van der Waals surface area contributed by atoms with Crippen LogP contribution in [0.1, 0.15) is 23.1 Å². The summed E-state index contributed by atoms with van der Waals surface area (Å²) in [4.78, 5) is 26.7. The molecule has 1 fully saturated rings. The van der Waals surface area contributed by atoms with Gasteiger partial charge < -0.3 is 5.32 Å². The summed E-state index contributed by atoms with van der Waals surface area (Å²) >= 11 is 5.89. The minimum Gasteiger partial charge on any atom is -0.323 e. The molecule has 2 aromatic carbocycles. The normalized spacial score (nSPS) is 22.6.